The lowest BCUT2D eigenvalue weighted by atomic mass is 10.1. The molecule has 0 unspecified atom stereocenters. The predicted molar refractivity (Wildman–Crippen MR) is 83.7 cm³/mol. The molecule has 1 aromatic carbocycles. The molecule has 0 aliphatic carbocycles. The molecule has 3 N–H and O–H groups in total. The molecule has 0 spiro atoms. The van der Waals surface area contributed by atoms with Gasteiger partial charge in [0, 0.05) is 11.1 Å². The molecule has 0 amide bonds. The minimum Gasteiger partial charge on any atom is -0.384 e. The Morgan fingerprint density at radius 2 is 2.33 bits per heavy atom. The first-order chi connectivity index (χ1) is 8.63. The van der Waals surface area contributed by atoms with Crippen molar-refractivity contribution in [3.63, 3.8) is 0 Å². The van der Waals surface area contributed by atoms with Crippen molar-refractivity contribution < 1.29 is 0 Å². The number of amidine groups is 1. The Morgan fingerprint density at radius 3 is 2.89 bits per heavy atom. The highest BCUT2D eigenvalue weighted by Crippen LogP contribution is 2.27. The summed E-state index contributed by atoms with van der Waals surface area (Å²) in [7, 11) is 0. The van der Waals surface area contributed by atoms with Gasteiger partial charge in [0.05, 0.1) is 21.0 Å². The summed E-state index contributed by atoms with van der Waals surface area (Å²) in [5.74, 6) is 1.02. The summed E-state index contributed by atoms with van der Waals surface area (Å²) < 4.78 is 2.81. The maximum Gasteiger partial charge on any atom is 0.126 e. The fraction of sp³-hybridized carbons (Fsp3) is 0.167. The Morgan fingerprint density at radius 1 is 1.56 bits per heavy atom. The van der Waals surface area contributed by atoms with Crippen molar-refractivity contribution in [2.24, 2.45) is 5.73 Å². The van der Waals surface area contributed by atoms with Gasteiger partial charge < -0.3 is 5.73 Å². The molecular formula is C12H13IN4S. The van der Waals surface area contributed by atoms with Crippen molar-refractivity contribution in [2.45, 2.75) is 11.8 Å². The number of nitrogens with zero attached hydrogens (tertiary/aromatic N) is 2. The third kappa shape index (κ3) is 2.69. The van der Waals surface area contributed by atoms with Gasteiger partial charge in [-0.3, -0.25) is 5.41 Å². The molecule has 1 heterocycles. The van der Waals surface area contributed by atoms with Crippen LogP contribution in [0.3, 0.4) is 0 Å². The van der Waals surface area contributed by atoms with Crippen molar-refractivity contribution in [3.8, 4) is 5.69 Å². The third-order valence-electron chi connectivity index (χ3n) is 2.37. The van der Waals surface area contributed by atoms with E-state index in [1.807, 2.05) is 24.4 Å². The summed E-state index contributed by atoms with van der Waals surface area (Å²) >= 11 is 3.89. The number of benzene rings is 1. The van der Waals surface area contributed by atoms with Gasteiger partial charge in [-0.05, 0) is 40.5 Å². The zero-order valence-electron chi connectivity index (χ0n) is 9.85. The molecule has 0 atom stereocenters. The number of rotatable bonds is 4. The molecule has 2 aromatic rings. The van der Waals surface area contributed by atoms with Crippen LogP contribution in [0.1, 0.15) is 12.5 Å². The lowest BCUT2D eigenvalue weighted by Gasteiger charge is -2.12. The first-order valence-electron chi connectivity index (χ1n) is 5.44. The van der Waals surface area contributed by atoms with Crippen LogP contribution >= 0.6 is 34.4 Å². The second-order valence-electron chi connectivity index (χ2n) is 3.60. The van der Waals surface area contributed by atoms with E-state index >= 15 is 0 Å². The minimum atomic E-state index is 0.0760. The third-order valence-corrected chi connectivity index (χ3v) is 3.87. The Hall–Kier alpha value is -1.02. The molecule has 2 rings (SSSR count). The molecule has 18 heavy (non-hydrogen) atoms. The SMILES string of the molecule is CCSc1cccc(-n2cc(I)cn2)c1C(=N)N. The largest absolute Gasteiger partial charge is 0.384 e. The van der Waals surface area contributed by atoms with Crippen LogP contribution in [0.4, 0.5) is 0 Å². The molecule has 6 heteroatoms. The van der Waals surface area contributed by atoms with Crippen LogP contribution in [0.25, 0.3) is 5.69 Å². The summed E-state index contributed by atoms with van der Waals surface area (Å²) in [4.78, 5) is 1.02. The molecule has 0 fully saturated rings. The highest BCUT2D eigenvalue weighted by atomic mass is 127. The second-order valence-corrected chi connectivity index (χ2v) is 6.15. The van der Waals surface area contributed by atoms with Gasteiger partial charge >= 0.3 is 0 Å². The number of halogens is 1. The van der Waals surface area contributed by atoms with Crippen molar-refractivity contribution in [3.05, 3.63) is 39.7 Å². The van der Waals surface area contributed by atoms with Crippen molar-refractivity contribution >= 4 is 40.2 Å². The Bertz CT molecular complexity index is 579. The summed E-state index contributed by atoms with van der Waals surface area (Å²) in [5, 5.41) is 12.1. The average Bonchev–Trinajstić information content (AvgIpc) is 2.75. The second kappa shape index (κ2) is 5.75. The zero-order valence-corrected chi connectivity index (χ0v) is 12.8. The molecular weight excluding hydrogens is 359 g/mol. The predicted octanol–water partition coefficient (Wildman–Crippen LogP) is 2.87. The van der Waals surface area contributed by atoms with Crippen LogP contribution < -0.4 is 5.73 Å². The van der Waals surface area contributed by atoms with Crippen LogP contribution in [0.2, 0.25) is 0 Å². The molecule has 0 bridgehead atoms. The van der Waals surface area contributed by atoms with Crippen molar-refractivity contribution in [2.75, 3.05) is 5.75 Å². The lowest BCUT2D eigenvalue weighted by Crippen LogP contribution is -2.16. The van der Waals surface area contributed by atoms with Gasteiger partial charge in [-0.25, -0.2) is 4.68 Å². The van der Waals surface area contributed by atoms with Crippen LogP contribution in [-0.2, 0) is 0 Å². The molecule has 4 nitrogen and oxygen atoms in total. The van der Waals surface area contributed by atoms with E-state index in [9.17, 15) is 0 Å². The number of aromatic nitrogens is 2. The van der Waals surface area contributed by atoms with Gasteiger partial charge in [0.25, 0.3) is 0 Å². The standard InChI is InChI=1S/C12H13IN4S/c1-2-18-10-5-3-4-9(11(10)12(14)15)17-7-8(13)6-16-17/h3-7H,2H2,1H3,(H3,14,15). The van der Waals surface area contributed by atoms with Crippen LogP contribution in [-0.4, -0.2) is 21.4 Å². The first-order valence-corrected chi connectivity index (χ1v) is 7.50. The summed E-state index contributed by atoms with van der Waals surface area (Å²) in [6.07, 6.45) is 3.70. The Labute approximate surface area is 124 Å². The summed E-state index contributed by atoms with van der Waals surface area (Å²) in [6, 6.07) is 5.89. The van der Waals surface area contributed by atoms with Crippen LogP contribution in [0.5, 0.6) is 0 Å². The Balaban J connectivity index is 2.59. The topological polar surface area (TPSA) is 67.7 Å². The maximum absolute atomic E-state index is 7.77. The number of nitrogen functional groups attached to an aromatic ring is 1. The normalized spacial score (nSPS) is 10.6. The quantitative estimate of drug-likeness (QED) is 0.375. The highest BCUT2D eigenvalue weighted by molar-refractivity contribution is 14.1. The van der Waals surface area contributed by atoms with E-state index in [-0.39, 0.29) is 5.84 Å². The number of thioether (sulfide) groups is 1. The highest BCUT2D eigenvalue weighted by Gasteiger charge is 2.13. The fourth-order valence-electron chi connectivity index (χ4n) is 1.69. The van der Waals surface area contributed by atoms with E-state index in [2.05, 4.69) is 34.6 Å². The minimum absolute atomic E-state index is 0.0760. The van der Waals surface area contributed by atoms with E-state index in [1.165, 1.54) is 0 Å². The van der Waals surface area contributed by atoms with E-state index < -0.39 is 0 Å². The van der Waals surface area contributed by atoms with E-state index in [0.717, 1.165) is 25.5 Å². The molecule has 0 saturated heterocycles. The number of nitrogens with one attached hydrogen (secondary N) is 1. The summed E-state index contributed by atoms with van der Waals surface area (Å²) in [5.41, 5.74) is 7.32. The molecule has 0 aliphatic rings. The van der Waals surface area contributed by atoms with Gasteiger partial charge in [0.2, 0.25) is 0 Å². The monoisotopic (exact) mass is 372 g/mol. The lowest BCUT2D eigenvalue weighted by molar-refractivity contribution is 0.873. The van der Waals surface area contributed by atoms with Crippen LogP contribution in [0.15, 0.2) is 35.5 Å². The van der Waals surface area contributed by atoms with E-state index in [1.54, 1.807) is 22.6 Å². The Kier molecular flexibility index (Phi) is 4.28. The van der Waals surface area contributed by atoms with Gasteiger partial charge in [-0.2, -0.15) is 5.10 Å². The van der Waals surface area contributed by atoms with E-state index in [0.29, 0.717) is 0 Å². The van der Waals surface area contributed by atoms with Crippen molar-refractivity contribution in [1.82, 2.24) is 9.78 Å². The van der Waals surface area contributed by atoms with Gasteiger partial charge in [0.15, 0.2) is 0 Å². The molecule has 0 aliphatic heterocycles. The average molecular weight is 372 g/mol. The van der Waals surface area contributed by atoms with Gasteiger partial charge in [0.1, 0.15) is 5.84 Å². The van der Waals surface area contributed by atoms with Crippen molar-refractivity contribution in [1.29, 1.82) is 5.41 Å². The summed E-state index contributed by atoms with van der Waals surface area (Å²) in [6.45, 7) is 2.08. The maximum atomic E-state index is 7.77. The number of hydrogen-bond donors (Lipinski definition) is 2. The van der Waals surface area contributed by atoms with Gasteiger partial charge in [-0.1, -0.05) is 13.0 Å². The van der Waals surface area contributed by atoms with Gasteiger partial charge in [-0.15, -0.1) is 11.8 Å². The molecule has 94 valence electrons. The fourth-order valence-corrected chi connectivity index (χ4v) is 2.92. The molecule has 0 radical (unpaired) electrons. The smallest absolute Gasteiger partial charge is 0.126 e. The van der Waals surface area contributed by atoms with E-state index in [4.69, 9.17) is 11.1 Å². The van der Waals surface area contributed by atoms with Crippen LogP contribution in [0, 0.1) is 8.98 Å². The molecule has 1 aromatic heterocycles. The zero-order chi connectivity index (χ0) is 13.1. The molecule has 0 saturated carbocycles. The first kappa shape index (κ1) is 13.4. The number of nitrogens with two attached hydrogens (primary N) is 1. The number of hydrogen-bond acceptors (Lipinski definition) is 3.